The molecule has 1 aromatic heterocycles. The zero-order valence-electron chi connectivity index (χ0n) is 12.7. The van der Waals surface area contributed by atoms with Gasteiger partial charge < -0.3 is 9.73 Å². The summed E-state index contributed by atoms with van der Waals surface area (Å²) in [5.74, 6) is 1.30. The second kappa shape index (κ2) is 7.15. The summed E-state index contributed by atoms with van der Waals surface area (Å²) < 4.78 is 5.53. The molecule has 0 unspecified atom stereocenters. The van der Waals surface area contributed by atoms with Gasteiger partial charge in [0.1, 0.15) is 6.26 Å². The van der Waals surface area contributed by atoms with E-state index in [1.807, 2.05) is 54.6 Å². The highest BCUT2D eigenvalue weighted by Crippen LogP contribution is 2.26. The van der Waals surface area contributed by atoms with Gasteiger partial charge in [0.15, 0.2) is 0 Å². The normalized spacial score (nSPS) is 10.5. The molecule has 0 saturated heterocycles. The van der Waals surface area contributed by atoms with Crippen LogP contribution in [-0.4, -0.2) is 10.9 Å². The number of aromatic nitrogens is 1. The Hall–Kier alpha value is -2.53. The van der Waals surface area contributed by atoms with Crippen LogP contribution in [0.3, 0.4) is 0 Å². The maximum Gasteiger partial charge on any atom is 0.226 e. The number of hydrogen-bond acceptors (Lipinski definition) is 4. The lowest BCUT2D eigenvalue weighted by atomic mass is 10.2. The number of benzene rings is 2. The van der Waals surface area contributed by atoms with Crippen molar-refractivity contribution in [2.75, 3.05) is 5.32 Å². The molecule has 0 radical (unpaired) electrons. The molecule has 4 nitrogen and oxygen atoms in total. The number of nitrogens with zero attached hydrogens (tertiary/aromatic N) is 1. The fraction of sp³-hybridized carbons (Fsp3) is 0.111. The molecule has 1 amide bonds. The van der Waals surface area contributed by atoms with Crippen LogP contribution in [0.2, 0.25) is 0 Å². The third kappa shape index (κ3) is 4.23. The molecule has 116 valence electrons. The largest absolute Gasteiger partial charge is 0.444 e. The van der Waals surface area contributed by atoms with Crippen LogP contribution in [0, 0.1) is 0 Å². The summed E-state index contributed by atoms with van der Waals surface area (Å²) in [5.41, 5.74) is 2.68. The van der Waals surface area contributed by atoms with Gasteiger partial charge in [0.25, 0.3) is 0 Å². The number of carbonyl (C=O) groups is 1. The van der Waals surface area contributed by atoms with E-state index in [0.29, 0.717) is 5.89 Å². The van der Waals surface area contributed by atoms with Crippen molar-refractivity contribution >= 4 is 23.4 Å². The predicted octanol–water partition coefficient (Wildman–Crippen LogP) is 4.59. The molecule has 3 rings (SSSR count). The smallest absolute Gasteiger partial charge is 0.226 e. The molecule has 0 spiro atoms. The Balaban J connectivity index is 1.60. The molecule has 0 atom stereocenters. The number of oxazole rings is 1. The van der Waals surface area contributed by atoms with Crippen molar-refractivity contribution in [3.05, 3.63) is 66.6 Å². The molecule has 3 aromatic rings. The fourth-order valence-corrected chi connectivity index (χ4v) is 2.86. The highest BCUT2D eigenvalue weighted by Gasteiger charge is 2.06. The lowest BCUT2D eigenvalue weighted by Gasteiger charge is -2.03. The summed E-state index contributed by atoms with van der Waals surface area (Å²) in [6, 6.07) is 17.6. The molecule has 0 aliphatic carbocycles. The van der Waals surface area contributed by atoms with Gasteiger partial charge in [-0.2, -0.15) is 0 Å². The Morgan fingerprint density at radius 3 is 2.57 bits per heavy atom. The van der Waals surface area contributed by atoms with E-state index in [2.05, 4.69) is 10.3 Å². The van der Waals surface area contributed by atoms with Crippen molar-refractivity contribution in [1.82, 2.24) is 4.98 Å². The third-order valence-corrected chi connectivity index (χ3v) is 4.18. The first-order chi connectivity index (χ1) is 11.2. The molecule has 0 fully saturated rings. The van der Waals surface area contributed by atoms with E-state index in [4.69, 9.17) is 4.42 Å². The van der Waals surface area contributed by atoms with Gasteiger partial charge in [-0.15, -0.1) is 11.8 Å². The van der Waals surface area contributed by atoms with Gasteiger partial charge in [-0.05, 0) is 36.4 Å². The van der Waals surface area contributed by atoms with Crippen molar-refractivity contribution in [3.63, 3.8) is 0 Å². The molecule has 1 heterocycles. The average Bonchev–Trinajstić information content (AvgIpc) is 3.04. The highest BCUT2D eigenvalue weighted by atomic mass is 32.2. The molecular formula is C18H16N2O2S. The number of rotatable bonds is 5. The Morgan fingerprint density at radius 2 is 1.87 bits per heavy atom. The van der Waals surface area contributed by atoms with Crippen LogP contribution in [-0.2, 0) is 10.5 Å². The monoisotopic (exact) mass is 324 g/mol. The molecular weight excluding hydrogens is 308 g/mol. The summed E-state index contributed by atoms with van der Waals surface area (Å²) in [7, 11) is 0. The lowest BCUT2D eigenvalue weighted by molar-refractivity contribution is -0.114. The molecule has 0 saturated carbocycles. The summed E-state index contributed by atoms with van der Waals surface area (Å²) in [5, 5.41) is 2.75. The fourth-order valence-electron chi connectivity index (χ4n) is 2.08. The standard InChI is InChI=1S/C18H16N2O2S/c1-13(21)19-15-7-9-17(10-8-15)23-12-16-11-22-18(20-16)14-5-3-2-4-6-14/h2-11H,12H2,1H3,(H,19,21). The maximum atomic E-state index is 11.0. The molecule has 0 aliphatic heterocycles. The first-order valence-electron chi connectivity index (χ1n) is 7.21. The summed E-state index contributed by atoms with van der Waals surface area (Å²) in [4.78, 5) is 16.6. The Morgan fingerprint density at radius 1 is 1.13 bits per heavy atom. The number of amides is 1. The van der Waals surface area contributed by atoms with Gasteiger partial charge >= 0.3 is 0 Å². The third-order valence-electron chi connectivity index (χ3n) is 3.13. The van der Waals surface area contributed by atoms with E-state index in [1.165, 1.54) is 6.92 Å². The first-order valence-corrected chi connectivity index (χ1v) is 8.19. The van der Waals surface area contributed by atoms with Gasteiger partial charge in [-0.25, -0.2) is 4.98 Å². The van der Waals surface area contributed by atoms with E-state index in [-0.39, 0.29) is 5.91 Å². The van der Waals surface area contributed by atoms with Crippen molar-refractivity contribution in [1.29, 1.82) is 0 Å². The zero-order chi connectivity index (χ0) is 16.1. The number of thioether (sulfide) groups is 1. The Labute approximate surface area is 138 Å². The quantitative estimate of drug-likeness (QED) is 0.697. The maximum absolute atomic E-state index is 11.0. The van der Waals surface area contributed by atoms with E-state index in [0.717, 1.165) is 27.6 Å². The van der Waals surface area contributed by atoms with Crippen LogP contribution in [0.1, 0.15) is 12.6 Å². The van der Waals surface area contributed by atoms with Crippen molar-refractivity contribution in [3.8, 4) is 11.5 Å². The van der Waals surface area contributed by atoms with Crippen molar-refractivity contribution in [2.45, 2.75) is 17.6 Å². The van der Waals surface area contributed by atoms with Gasteiger partial charge in [-0.3, -0.25) is 4.79 Å². The average molecular weight is 324 g/mol. The highest BCUT2D eigenvalue weighted by molar-refractivity contribution is 7.98. The number of anilines is 1. The molecule has 1 N–H and O–H groups in total. The second-order valence-electron chi connectivity index (χ2n) is 5.00. The summed E-state index contributed by atoms with van der Waals surface area (Å²) in [6.45, 7) is 1.50. The Bertz CT molecular complexity index is 782. The minimum Gasteiger partial charge on any atom is -0.444 e. The van der Waals surface area contributed by atoms with E-state index < -0.39 is 0 Å². The lowest BCUT2D eigenvalue weighted by Crippen LogP contribution is -2.05. The SMILES string of the molecule is CC(=O)Nc1ccc(SCc2coc(-c3ccccc3)n2)cc1. The Kier molecular flexibility index (Phi) is 4.78. The molecule has 2 aromatic carbocycles. The second-order valence-corrected chi connectivity index (χ2v) is 6.05. The number of nitrogens with one attached hydrogen (secondary N) is 1. The van der Waals surface area contributed by atoms with Gasteiger partial charge in [-0.1, -0.05) is 18.2 Å². The van der Waals surface area contributed by atoms with Gasteiger partial charge in [0.05, 0.1) is 5.69 Å². The molecule has 5 heteroatoms. The van der Waals surface area contributed by atoms with Crippen LogP contribution < -0.4 is 5.32 Å². The minimum absolute atomic E-state index is 0.0681. The number of hydrogen-bond donors (Lipinski definition) is 1. The summed E-state index contributed by atoms with van der Waals surface area (Å²) in [6.07, 6.45) is 1.70. The van der Waals surface area contributed by atoms with Gasteiger partial charge in [0.2, 0.25) is 11.8 Å². The van der Waals surface area contributed by atoms with Crippen molar-refractivity contribution < 1.29 is 9.21 Å². The van der Waals surface area contributed by atoms with Crippen LogP contribution in [0.5, 0.6) is 0 Å². The predicted molar refractivity (Wildman–Crippen MR) is 92.2 cm³/mol. The number of carbonyl (C=O) groups excluding carboxylic acids is 1. The topological polar surface area (TPSA) is 55.1 Å². The van der Waals surface area contributed by atoms with Crippen LogP contribution >= 0.6 is 11.8 Å². The van der Waals surface area contributed by atoms with Gasteiger partial charge in [0, 0.05) is 28.8 Å². The van der Waals surface area contributed by atoms with Crippen LogP contribution in [0.25, 0.3) is 11.5 Å². The van der Waals surface area contributed by atoms with Crippen LogP contribution in [0.15, 0.2) is 70.2 Å². The minimum atomic E-state index is -0.0681. The van der Waals surface area contributed by atoms with E-state index in [1.54, 1.807) is 18.0 Å². The zero-order valence-corrected chi connectivity index (χ0v) is 13.5. The first kappa shape index (κ1) is 15.4. The molecule has 0 bridgehead atoms. The van der Waals surface area contributed by atoms with E-state index >= 15 is 0 Å². The molecule has 0 aliphatic rings. The summed E-state index contributed by atoms with van der Waals surface area (Å²) >= 11 is 1.67. The van der Waals surface area contributed by atoms with E-state index in [9.17, 15) is 4.79 Å². The van der Waals surface area contributed by atoms with Crippen molar-refractivity contribution in [2.24, 2.45) is 0 Å². The van der Waals surface area contributed by atoms with Crippen LogP contribution in [0.4, 0.5) is 5.69 Å². The molecule has 23 heavy (non-hydrogen) atoms.